The number of hydrogen-bond donors (Lipinski definition) is 3. The second kappa shape index (κ2) is 8.34. The Morgan fingerprint density at radius 1 is 1.34 bits per heavy atom. The monoisotopic (exact) mass is 434 g/mol. The maximum absolute atomic E-state index is 12.4. The van der Waals surface area contributed by atoms with Crippen molar-refractivity contribution < 1.29 is 19.8 Å². The number of aliphatic hydroxyl groups is 1. The van der Waals surface area contributed by atoms with Crippen LogP contribution in [0.5, 0.6) is 0 Å². The predicted octanol–water partition coefficient (Wildman–Crippen LogP) is 2.40. The second-order valence-corrected chi connectivity index (χ2v) is 10.4. The Kier molecular flexibility index (Phi) is 5.97. The predicted molar refractivity (Wildman–Crippen MR) is 115 cm³/mol. The largest absolute Gasteiger partial charge is 0.477 e. The summed E-state index contributed by atoms with van der Waals surface area (Å²) in [6.07, 6.45) is 0.199. The maximum Gasteiger partial charge on any atom is 0.353 e. The number of hydrogen-bond acceptors (Lipinski definition) is 6. The lowest BCUT2D eigenvalue weighted by atomic mass is 9.79. The Morgan fingerprint density at radius 3 is 2.72 bits per heavy atom. The van der Waals surface area contributed by atoms with E-state index < -0.39 is 18.0 Å². The van der Waals surface area contributed by atoms with Crippen LogP contribution < -0.4 is 5.32 Å². The number of benzene rings is 1. The van der Waals surface area contributed by atoms with E-state index in [2.05, 4.69) is 17.4 Å². The SMILES string of the molecule is CC(O)[C@H]1C(=O)N2C(C(=O)O)=C(S[C@@H]3CNC(CSc4ccccc4)C3)[C@H](C)[C@@H]12. The molecule has 2 fully saturated rings. The van der Waals surface area contributed by atoms with Crippen molar-refractivity contribution >= 4 is 35.4 Å². The van der Waals surface area contributed by atoms with Gasteiger partial charge in [0.2, 0.25) is 5.91 Å². The van der Waals surface area contributed by atoms with Crippen LogP contribution in [-0.2, 0) is 9.59 Å². The van der Waals surface area contributed by atoms with E-state index in [-0.39, 0.29) is 28.8 Å². The molecule has 1 aromatic rings. The van der Waals surface area contributed by atoms with E-state index in [1.165, 1.54) is 9.80 Å². The number of amides is 1. The normalized spacial score (nSPS) is 32.3. The molecule has 2 saturated heterocycles. The van der Waals surface area contributed by atoms with Crippen LogP contribution in [0.25, 0.3) is 0 Å². The molecule has 1 aromatic carbocycles. The molecule has 3 heterocycles. The van der Waals surface area contributed by atoms with Crippen molar-refractivity contribution in [2.24, 2.45) is 11.8 Å². The Labute approximate surface area is 179 Å². The first-order valence-corrected chi connectivity index (χ1v) is 11.8. The molecule has 0 aliphatic carbocycles. The molecule has 2 unspecified atom stereocenters. The van der Waals surface area contributed by atoms with Crippen molar-refractivity contribution in [3.05, 3.63) is 40.9 Å². The topological polar surface area (TPSA) is 89.9 Å². The molecule has 29 heavy (non-hydrogen) atoms. The molecular formula is C21H26N2O4S2. The Hall–Kier alpha value is -1.48. The molecule has 6 nitrogen and oxygen atoms in total. The van der Waals surface area contributed by atoms with E-state index in [4.69, 9.17) is 0 Å². The van der Waals surface area contributed by atoms with Crippen molar-refractivity contribution in [1.82, 2.24) is 10.2 Å². The molecule has 0 bridgehead atoms. The van der Waals surface area contributed by atoms with Gasteiger partial charge in [0.05, 0.1) is 18.1 Å². The van der Waals surface area contributed by atoms with Gasteiger partial charge in [0.15, 0.2) is 0 Å². The zero-order valence-electron chi connectivity index (χ0n) is 16.4. The van der Waals surface area contributed by atoms with E-state index >= 15 is 0 Å². The maximum atomic E-state index is 12.4. The minimum Gasteiger partial charge on any atom is -0.477 e. The van der Waals surface area contributed by atoms with Gasteiger partial charge in [-0.1, -0.05) is 25.1 Å². The molecule has 0 aromatic heterocycles. The highest BCUT2D eigenvalue weighted by Crippen LogP contribution is 2.51. The minimum atomic E-state index is -1.05. The quantitative estimate of drug-likeness (QED) is 0.448. The summed E-state index contributed by atoms with van der Waals surface area (Å²) >= 11 is 3.42. The van der Waals surface area contributed by atoms with Crippen LogP contribution in [0.15, 0.2) is 45.8 Å². The van der Waals surface area contributed by atoms with Gasteiger partial charge < -0.3 is 20.4 Å². The molecule has 0 spiro atoms. The van der Waals surface area contributed by atoms with Crippen molar-refractivity contribution in [3.8, 4) is 0 Å². The first kappa shape index (κ1) is 20.8. The van der Waals surface area contributed by atoms with Crippen LogP contribution in [0.2, 0.25) is 0 Å². The van der Waals surface area contributed by atoms with E-state index in [0.717, 1.165) is 23.6 Å². The number of carbonyl (C=O) groups excluding carboxylic acids is 1. The molecule has 4 rings (SSSR count). The van der Waals surface area contributed by atoms with Gasteiger partial charge in [-0.2, -0.15) is 0 Å². The molecular weight excluding hydrogens is 408 g/mol. The Bertz CT molecular complexity index is 829. The van der Waals surface area contributed by atoms with Gasteiger partial charge in [0.25, 0.3) is 0 Å². The van der Waals surface area contributed by atoms with Crippen LogP contribution >= 0.6 is 23.5 Å². The van der Waals surface area contributed by atoms with E-state index in [1.54, 1.807) is 18.7 Å². The third-order valence-corrected chi connectivity index (χ3v) is 8.67. The van der Waals surface area contributed by atoms with Crippen molar-refractivity contribution in [2.45, 2.75) is 48.6 Å². The van der Waals surface area contributed by atoms with Crippen molar-refractivity contribution in [1.29, 1.82) is 0 Å². The van der Waals surface area contributed by atoms with Gasteiger partial charge in [-0.15, -0.1) is 23.5 Å². The van der Waals surface area contributed by atoms with Crippen LogP contribution in [0, 0.1) is 11.8 Å². The number of aliphatic hydroxyl groups excluding tert-OH is 1. The highest BCUT2D eigenvalue weighted by atomic mass is 32.2. The fraction of sp³-hybridized carbons (Fsp3) is 0.524. The molecule has 8 heteroatoms. The fourth-order valence-corrected chi connectivity index (χ4v) is 7.09. The molecule has 0 radical (unpaired) electrons. The lowest BCUT2D eigenvalue weighted by molar-refractivity contribution is -0.163. The van der Waals surface area contributed by atoms with Gasteiger partial charge in [-0.25, -0.2) is 4.79 Å². The summed E-state index contributed by atoms with van der Waals surface area (Å²) in [5.74, 6) is -0.929. The van der Waals surface area contributed by atoms with Gasteiger partial charge in [0.1, 0.15) is 5.70 Å². The van der Waals surface area contributed by atoms with E-state index in [9.17, 15) is 19.8 Å². The Balaban J connectivity index is 1.41. The van der Waals surface area contributed by atoms with Crippen LogP contribution in [0.3, 0.4) is 0 Å². The average Bonchev–Trinajstić information content (AvgIpc) is 3.22. The molecule has 3 aliphatic heterocycles. The zero-order valence-corrected chi connectivity index (χ0v) is 18.1. The van der Waals surface area contributed by atoms with Crippen LogP contribution in [0.1, 0.15) is 20.3 Å². The standard InChI is InChI=1S/C21H26N2O4S2/c1-11-17-16(12(2)24)20(25)23(17)18(21(26)27)19(11)29-15-8-13(22-9-15)10-28-14-6-4-3-5-7-14/h3-7,11-13,15-17,22,24H,8-10H2,1-2H3,(H,26,27)/t11-,12?,13?,15+,16-,17+/m1/s1. The highest BCUT2D eigenvalue weighted by Gasteiger charge is 2.60. The third kappa shape index (κ3) is 3.83. The number of nitrogens with one attached hydrogen (secondary N) is 1. The molecule has 0 saturated carbocycles. The third-order valence-electron chi connectivity index (χ3n) is 5.98. The first-order valence-electron chi connectivity index (χ1n) is 9.95. The number of carbonyl (C=O) groups is 2. The smallest absolute Gasteiger partial charge is 0.353 e. The van der Waals surface area contributed by atoms with Crippen LogP contribution in [-0.4, -0.2) is 62.7 Å². The van der Waals surface area contributed by atoms with Gasteiger partial charge in [-0.3, -0.25) is 4.79 Å². The summed E-state index contributed by atoms with van der Waals surface area (Å²) in [6.45, 7) is 4.41. The lowest BCUT2D eigenvalue weighted by Crippen LogP contribution is -2.63. The number of rotatable bonds is 7. The number of carboxylic acids is 1. The number of thioether (sulfide) groups is 2. The molecule has 1 amide bonds. The lowest BCUT2D eigenvalue weighted by Gasteiger charge is -2.46. The zero-order chi connectivity index (χ0) is 20.7. The summed E-state index contributed by atoms with van der Waals surface area (Å²) < 4.78 is 0. The molecule has 156 valence electrons. The average molecular weight is 435 g/mol. The van der Waals surface area contributed by atoms with E-state index in [0.29, 0.717) is 6.04 Å². The van der Waals surface area contributed by atoms with Crippen LogP contribution in [0.4, 0.5) is 0 Å². The summed E-state index contributed by atoms with van der Waals surface area (Å²) in [5.41, 5.74) is 0.122. The Morgan fingerprint density at radius 2 is 2.07 bits per heavy atom. The van der Waals surface area contributed by atoms with Gasteiger partial charge in [-0.05, 0) is 25.5 Å². The second-order valence-electron chi connectivity index (χ2n) is 7.98. The minimum absolute atomic E-state index is 0.0684. The number of nitrogens with zero attached hydrogens (tertiary/aromatic N) is 1. The number of β-lactam (4-membered cyclic amide) rings is 1. The first-order chi connectivity index (χ1) is 13.9. The summed E-state index contributed by atoms with van der Waals surface area (Å²) in [5, 5.41) is 23.5. The van der Waals surface area contributed by atoms with Gasteiger partial charge in [0, 0.05) is 39.3 Å². The summed E-state index contributed by atoms with van der Waals surface area (Å²) in [4.78, 5) is 27.8. The van der Waals surface area contributed by atoms with Crippen molar-refractivity contribution in [2.75, 3.05) is 12.3 Å². The van der Waals surface area contributed by atoms with Crippen molar-refractivity contribution in [3.63, 3.8) is 0 Å². The highest BCUT2D eigenvalue weighted by molar-refractivity contribution is 8.03. The number of carboxylic acid groups (broad SMARTS) is 1. The number of fused-ring (bicyclic) bond motifs is 1. The molecule has 6 atom stereocenters. The van der Waals surface area contributed by atoms with E-state index in [1.807, 2.05) is 36.9 Å². The number of aliphatic carboxylic acids is 1. The molecule has 3 aliphatic rings. The summed E-state index contributed by atoms with van der Waals surface area (Å²) in [6, 6.07) is 10.4. The fourth-order valence-electron chi connectivity index (χ4n) is 4.57. The van der Waals surface area contributed by atoms with Gasteiger partial charge >= 0.3 is 5.97 Å². The molecule has 3 N–H and O–H groups in total. The summed E-state index contributed by atoms with van der Waals surface area (Å²) in [7, 11) is 0.